The molecule has 0 saturated carbocycles. The van der Waals surface area contributed by atoms with Gasteiger partial charge < -0.3 is 5.32 Å². The third-order valence-corrected chi connectivity index (χ3v) is 2.30. The van der Waals surface area contributed by atoms with Gasteiger partial charge in [0.25, 0.3) is 0 Å². The van der Waals surface area contributed by atoms with Crippen molar-refractivity contribution >= 4 is 27.5 Å². The van der Waals surface area contributed by atoms with E-state index in [0.717, 1.165) is 15.7 Å². The molecule has 1 rings (SSSR count). The maximum atomic E-state index is 11.3. The van der Waals surface area contributed by atoms with Crippen molar-refractivity contribution in [2.75, 3.05) is 5.32 Å². The molecule has 1 aromatic rings. The molecule has 0 radical (unpaired) electrons. The summed E-state index contributed by atoms with van der Waals surface area (Å²) in [6.07, 6.45) is 1.93. The number of carbonyl (C=O) groups is 1. The second kappa shape index (κ2) is 4.96. The van der Waals surface area contributed by atoms with Gasteiger partial charge in [-0.25, -0.2) is 0 Å². The van der Waals surface area contributed by atoms with Crippen LogP contribution in [-0.4, -0.2) is 5.91 Å². The van der Waals surface area contributed by atoms with Crippen LogP contribution in [0.25, 0.3) is 0 Å². The first-order chi connectivity index (χ1) is 6.63. The average Bonchev–Trinajstić information content (AvgIpc) is 2.12. The lowest BCUT2D eigenvalue weighted by atomic mass is 10.2. The van der Waals surface area contributed by atoms with E-state index in [9.17, 15) is 4.79 Å². The molecule has 0 fully saturated rings. The SMILES string of the molecule is C=CCC(=O)Nc1cc(Br)ccc1C. The van der Waals surface area contributed by atoms with Crippen LogP contribution >= 0.6 is 15.9 Å². The van der Waals surface area contributed by atoms with Gasteiger partial charge in [0.05, 0.1) is 0 Å². The third-order valence-electron chi connectivity index (χ3n) is 1.80. The van der Waals surface area contributed by atoms with Crippen LogP contribution in [0.1, 0.15) is 12.0 Å². The first-order valence-corrected chi connectivity index (χ1v) is 5.09. The Morgan fingerprint density at radius 2 is 2.36 bits per heavy atom. The molecule has 0 aromatic heterocycles. The van der Waals surface area contributed by atoms with E-state index < -0.39 is 0 Å². The molecule has 0 atom stereocenters. The molecular weight excluding hydrogens is 242 g/mol. The number of hydrogen-bond donors (Lipinski definition) is 1. The van der Waals surface area contributed by atoms with Gasteiger partial charge in [-0.2, -0.15) is 0 Å². The van der Waals surface area contributed by atoms with Crippen LogP contribution in [0, 0.1) is 6.92 Å². The predicted octanol–water partition coefficient (Wildman–Crippen LogP) is 3.27. The molecule has 0 aliphatic rings. The maximum Gasteiger partial charge on any atom is 0.228 e. The molecule has 74 valence electrons. The first kappa shape index (κ1) is 11.0. The summed E-state index contributed by atoms with van der Waals surface area (Å²) < 4.78 is 0.956. The molecule has 14 heavy (non-hydrogen) atoms. The molecule has 0 spiro atoms. The van der Waals surface area contributed by atoms with Crippen molar-refractivity contribution in [2.45, 2.75) is 13.3 Å². The molecular formula is C11H12BrNO. The Kier molecular flexibility index (Phi) is 3.89. The molecule has 1 aromatic carbocycles. The number of rotatable bonds is 3. The van der Waals surface area contributed by atoms with Crippen molar-refractivity contribution in [3.63, 3.8) is 0 Å². The van der Waals surface area contributed by atoms with Crippen molar-refractivity contribution in [1.82, 2.24) is 0 Å². The molecule has 1 N–H and O–H groups in total. The number of nitrogens with one attached hydrogen (secondary N) is 1. The van der Waals surface area contributed by atoms with E-state index in [1.165, 1.54) is 0 Å². The van der Waals surface area contributed by atoms with Crippen LogP contribution in [0.15, 0.2) is 35.3 Å². The van der Waals surface area contributed by atoms with Gasteiger partial charge in [0.15, 0.2) is 0 Å². The van der Waals surface area contributed by atoms with E-state index >= 15 is 0 Å². The Morgan fingerprint density at radius 3 is 3.00 bits per heavy atom. The minimum absolute atomic E-state index is 0.0406. The summed E-state index contributed by atoms with van der Waals surface area (Å²) in [7, 11) is 0. The first-order valence-electron chi connectivity index (χ1n) is 4.30. The quantitative estimate of drug-likeness (QED) is 0.824. The van der Waals surface area contributed by atoms with E-state index in [1.54, 1.807) is 6.08 Å². The van der Waals surface area contributed by atoms with E-state index in [-0.39, 0.29) is 5.91 Å². The Hall–Kier alpha value is -1.09. The van der Waals surface area contributed by atoms with Crippen molar-refractivity contribution in [1.29, 1.82) is 0 Å². The zero-order valence-corrected chi connectivity index (χ0v) is 9.60. The topological polar surface area (TPSA) is 29.1 Å². The lowest BCUT2D eigenvalue weighted by Gasteiger charge is -2.07. The summed E-state index contributed by atoms with van der Waals surface area (Å²) in [6.45, 7) is 5.47. The van der Waals surface area contributed by atoms with Gasteiger partial charge in [-0.1, -0.05) is 28.1 Å². The number of anilines is 1. The second-order valence-corrected chi connectivity index (χ2v) is 3.92. The lowest BCUT2D eigenvalue weighted by Crippen LogP contribution is -2.10. The normalized spacial score (nSPS) is 9.57. The van der Waals surface area contributed by atoms with E-state index in [0.29, 0.717) is 6.42 Å². The van der Waals surface area contributed by atoms with Gasteiger partial charge in [0, 0.05) is 16.6 Å². The Balaban J connectivity index is 2.80. The number of benzene rings is 1. The van der Waals surface area contributed by atoms with Gasteiger partial charge >= 0.3 is 0 Å². The standard InChI is InChI=1S/C11H12BrNO/c1-3-4-11(14)13-10-7-9(12)6-5-8(10)2/h3,5-7H,1,4H2,2H3,(H,13,14). The van der Waals surface area contributed by atoms with Gasteiger partial charge in [0.2, 0.25) is 5.91 Å². The van der Waals surface area contributed by atoms with Gasteiger partial charge in [-0.05, 0) is 24.6 Å². The van der Waals surface area contributed by atoms with Crippen LogP contribution < -0.4 is 5.32 Å². The second-order valence-electron chi connectivity index (χ2n) is 3.00. The van der Waals surface area contributed by atoms with E-state index in [2.05, 4.69) is 27.8 Å². The lowest BCUT2D eigenvalue weighted by molar-refractivity contribution is -0.115. The number of carbonyl (C=O) groups excluding carboxylic acids is 1. The minimum Gasteiger partial charge on any atom is -0.326 e. The monoisotopic (exact) mass is 253 g/mol. The van der Waals surface area contributed by atoms with Gasteiger partial charge in [-0.3, -0.25) is 4.79 Å². The molecule has 3 heteroatoms. The minimum atomic E-state index is -0.0406. The fraction of sp³-hybridized carbons (Fsp3) is 0.182. The molecule has 0 aliphatic heterocycles. The van der Waals surface area contributed by atoms with Crippen LogP contribution in [0.5, 0.6) is 0 Å². The fourth-order valence-corrected chi connectivity index (χ4v) is 1.42. The highest BCUT2D eigenvalue weighted by atomic mass is 79.9. The molecule has 0 unspecified atom stereocenters. The molecule has 1 amide bonds. The van der Waals surface area contributed by atoms with E-state index in [1.807, 2.05) is 25.1 Å². The predicted molar refractivity (Wildman–Crippen MR) is 62.3 cm³/mol. The summed E-state index contributed by atoms with van der Waals surface area (Å²) >= 11 is 3.35. The molecule has 0 aliphatic carbocycles. The van der Waals surface area contributed by atoms with E-state index in [4.69, 9.17) is 0 Å². The smallest absolute Gasteiger partial charge is 0.228 e. The van der Waals surface area contributed by atoms with Crippen molar-refractivity contribution < 1.29 is 4.79 Å². The van der Waals surface area contributed by atoms with Crippen LogP contribution in [0.4, 0.5) is 5.69 Å². The number of aryl methyl sites for hydroxylation is 1. The summed E-state index contributed by atoms with van der Waals surface area (Å²) in [5.74, 6) is -0.0406. The summed E-state index contributed by atoms with van der Waals surface area (Å²) in [4.78, 5) is 11.3. The molecule has 2 nitrogen and oxygen atoms in total. The highest BCUT2D eigenvalue weighted by Gasteiger charge is 2.02. The third kappa shape index (κ3) is 3.00. The van der Waals surface area contributed by atoms with Crippen LogP contribution in [0.2, 0.25) is 0 Å². The Morgan fingerprint density at radius 1 is 1.64 bits per heavy atom. The van der Waals surface area contributed by atoms with Gasteiger partial charge in [-0.15, -0.1) is 6.58 Å². The Bertz CT molecular complexity index is 360. The molecule has 0 heterocycles. The van der Waals surface area contributed by atoms with Crippen LogP contribution in [0.3, 0.4) is 0 Å². The maximum absolute atomic E-state index is 11.3. The average molecular weight is 254 g/mol. The van der Waals surface area contributed by atoms with Crippen molar-refractivity contribution in [3.05, 3.63) is 40.9 Å². The highest BCUT2D eigenvalue weighted by Crippen LogP contribution is 2.20. The fourth-order valence-electron chi connectivity index (χ4n) is 1.06. The summed E-state index contributed by atoms with van der Waals surface area (Å²) in [5.41, 5.74) is 1.89. The van der Waals surface area contributed by atoms with Gasteiger partial charge in [0.1, 0.15) is 0 Å². The van der Waals surface area contributed by atoms with Crippen LogP contribution in [-0.2, 0) is 4.79 Å². The molecule has 0 saturated heterocycles. The Labute approximate surface area is 92.1 Å². The highest BCUT2D eigenvalue weighted by molar-refractivity contribution is 9.10. The zero-order valence-electron chi connectivity index (χ0n) is 8.01. The summed E-state index contributed by atoms with van der Waals surface area (Å²) in [5, 5.41) is 2.81. The molecule has 0 bridgehead atoms. The summed E-state index contributed by atoms with van der Waals surface area (Å²) in [6, 6.07) is 5.78. The number of halogens is 1. The number of amides is 1. The number of hydrogen-bond acceptors (Lipinski definition) is 1. The largest absolute Gasteiger partial charge is 0.326 e. The van der Waals surface area contributed by atoms with Crippen molar-refractivity contribution in [3.8, 4) is 0 Å². The zero-order chi connectivity index (χ0) is 10.6. The van der Waals surface area contributed by atoms with Crippen molar-refractivity contribution in [2.24, 2.45) is 0 Å².